The highest BCUT2D eigenvalue weighted by Gasteiger charge is 2.57. The van der Waals surface area contributed by atoms with Crippen molar-refractivity contribution in [2.75, 3.05) is 0 Å². The number of nitro groups is 1. The van der Waals surface area contributed by atoms with E-state index in [0.29, 0.717) is 5.70 Å². The molecule has 2 unspecified atom stereocenters. The predicted octanol–water partition coefficient (Wildman–Crippen LogP) is 2.20. The van der Waals surface area contributed by atoms with E-state index in [-0.39, 0.29) is 29.8 Å². The zero-order chi connectivity index (χ0) is 22.1. The van der Waals surface area contributed by atoms with E-state index < -0.39 is 34.2 Å². The van der Waals surface area contributed by atoms with Gasteiger partial charge in [-0.3, -0.25) is 14.9 Å². The molecule has 0 amide bonds. The van der Waals surface area contributed by atoms with Crippen LogP contribution in [0.5, 0.6) is 0 Å². The number of allylic oxidation sites excluding steroid dienone is 1. The maximum absolute atomic E-state index is 12.7. The number of benzene rings is 1. The molecule has 0 saturated heterocycles. The molecule has 10 heteroatoms. The Labute approximate surface area is 172 Å². The van der Waals surface area contributed by atoms with E-state index in [4.69, 9.17) is 0 Å². The van der Waals surface area contributed by atoms with Gasteiger partial charge in [-0.25, -0.2) is 9.78 Å². The van der Waals surface area contributed by atoms with E-state index in [1.54, 1.807) is 23.9 Å². The lowest BCUT2D eigenvalue weighted by Gasteiger charge is -2.47. The van der Waals surface area contributed by atoms with Gasteiger partial charge in [-0.15, -0.1) is 0 Å². The quantitative estimate of drug-likeness (QED) is 0.462. The Morgan fingerprint density at radius 1 is 1.40 bits per heavy atom. The van der Waals surface area contributed by atoms with Crippen LogP contribution in [-0.4, -0.2) is 42.7 Å². The van der Waals surface area contributed by atoms with Gasteiger partial charge in [0.1, 0.15) is 5.41 Å². The van der Waals surface area contributed by atoms with Crippen molar-refractivity contribution in [3.63, 3.8) is 0 Å². The third-order valence-corrected chi connectivity index (χ3v) is 5.63. The van der Waals surface area contributed by atoms with E-state index in [1.807, 2.05) is 0 Å². The number of hydrogen-bond acceptors (Lipinski definition) is 6. The lowest BCUT2D eigenvalue weighted by atomic mass is 9.60. The van der Waals surface area contributed by atoms with Crippen LogP contribution in [0, 0.1) is 22.5 Å². The molecule has 0 spiro atoms. The van der Waals surface area contributed by atoms with Gasteiger partial charge < -0.3 is 20.1 Å². The molecule has 1 radical (unpaired) electrons. The van der Waals surface area contributed by atoms with Gasteiger partial charge in [-0.05, 0) is 18.9 Å². The average molecular weight is 413 g/mol. The molecular formula is C20H21N4O6. The number of nitrogens with one attached hydrogen (secondary N) is 1. The molecule has 2 aromatic rings. The van der Waals surface area contributed by atoms with Gasteiger partial charge in [0.15, 0.2) is 0 Å². The van der Waals surface area contributed by atoms with Crippen LogP contribution < -0.4 is 5.32 Å². The number of rotatable bonds is 7. The lowest BCUT2D eigenvalue weighted by Crippen LogP contribution is -2.59. The Hall–Kier alpha value is -3.69. The number of imidazole rings is 1. The summed E-state index contributed by atoms with van der Waals surface area (Å²) in [7, 11) is 0. The number of nitro benzene ring substituents is 1. The molecule has 1 aromatic carbocycles. The van der Waals surface area contributed by atoms with Gasteiger partial charge in [0.2, 0.25) is 0 Å². The minimum absolute atomic E-state index is 0.147. The van der Waals surface area contributed by atoms with Crippen molar-refractivity contribution in [1.82, 2.24) is 14.9 Å². The molecule has 0 saturated carbocycles. The highest BCUT2D eigenvalue weighted by molar-refractivity contribution is 5.93. The minimum Gasteiger partial charge on any atom is -0.481 e. The third kappa shape index (κ3) is 3.40. The zero-order valence-electron chi connectivity index (χ0n) is 16.2. The molecular weight excluding hydrogens is 392 g/mol. The van der Waals surface area contributed by atoms with E-state index in [9.17, 15) is 29.9 Å². The highest BCUT2D eigenvalue weighted by atomic mass is 16.6. The Morgan fingerprint density at radius 2 is 2.13 bits per heavy atom. The first-order valence-electron chi connectivity index (χ1n) is 9.15. The lowest BCUT2D eigenvalue weighted by molar-refractivity contribution is -0.384. The van der Waals surface area contributed by atoms with Gasteiger partial charge in [-0.1, -0.05) is 19.1 Å². The van der Waals surface area contributed by atoms with E-state index in [0.717, 1.165) is 0 Å². The summed E-state index contributed by atoms with van der Waals surface area (Å²) in [6.07, 6.45) is 4.61. The van der Waals surface area contributed by atoms with Crippen LogP contribution >= 0.6 is 0 Å². The molecule has 0 aliphatic carbocycles. The van der Waals surface area contributed by atoms with Crippen molar-refractivity contribution in [2.24, 2.45) is 5.41 Å². The summed E-state index contributed by atoms with van der Waals surface area (Å²) < 4.78 is 1.69. The molecule has 0 bridgehead atoms. The fourth-order valence-corrected chi connectivity index (χ4v) is 4.22. The minimum atomic E-state index is -1.67. The summed E-state index contributed by atoms with van der Waals surface area (Å²) in [5, 5.41) is 34.6. The molecule has 3 atom stereocenters. The maximum Gasteiger partial charge on any atom is 0.333 e. The summed E-state index contributed by atoms with van der Waals surface area (Å²) in [6, 6.07) is 4.70. The second-order valence-corrected chi connectivity index (χ2v) is 7.18. The summed E-state index contributed by atoms with van der Waals surface area (Å²) >= 11 is 0. The van der Waals surface area contributed by atoms with Crippen LogP contribution in [0.2, 0.25) is 0 Å². The molecule has 1 aromatic heterocycles. The Morgan fingerprint density at radius 3 is 2.67 bits per heavy atom. The summed E-state index contributed by atoms with van der Waals surface area (Å²) in [6.45, 7) is 5.59. The van der Waals surface area contributed by atoms with Gasteiger partial charge in [0, 0.05) is 42.7 Å². The van der Waals surface area contributed by atoms with Gasteiger partial charge in [0.25, 0.3) is 5.69 Å². The molecule has 2 heterocycles. The number of carboxylic acid groups (broad SMARTS) is 2. The van der Waals surface area contributed by atoms with Crippen LogP contribution in [0.15, 0.2) is 54.3 Å². The highest BCUT2D eigenvalue weighted by Crippen LogP contribution is 2.51. The summed E-state index contributed by atoms with van der Waals surface area (Å²) in [4.78, 5) is 39.5. The standard InChI is InChI=1S/C20H21N4O6/c1-3-20(19(27)28)15(10-23-8-7-21-11-23)22-12(2)16(18(25)26)17(20)13-5-4-6-14(9-13)24(29)30/h4-9,11,15,17,22H,1,3,10H2,2H3,(H,25,26)(H,27,28)/t15?,17-,20?/m1/s1. The van der Waals surface area contributed by atoms with E-state index >= 15 is 0 Å². The molecule has 1 aliphatic heterocycles. The second-order valence-electron chi connectivity index (χ2n) is 7.18. The molecule has 10 nitrogen and oxygen atoms in total. The number of non-ortho nitro benzene ring substituents is 1. The number of carbonyl (C=O) groups is 2. The van der Waals surface area contributed by atoms with E-state index in [1.165, 1.54) is 30.6 Å². The number of aliphatic carboxylic acids is 2. The normalized spacial score (nSPS) is 23.7. The average Bonchev–Trinajstić information content (AvgIpc) is 3.20. The van der Waals surface area contributed by atoms with Gasteiger partial charge in [-0.2, -0.15) is 0 Å². The fourth-order valence-electron chi connectivity index (χ4n) is 4.22. The number of aromatic nitrogens is 2. The largest absolute Gasteiger partial charge is 0.481 e. The van der Waals surface area contributed by atoms with Crippen molar-refractivity contribution >= 4 is 17.6 Å². The first-order valence-corrected chi connectivity index (χ1v) is 9.15. The van der Waals surface area contributed by atoms with E-state index in [2.05, 4.69) is 17.2 Å². The summed E-state index contributed by atoms with van der Waals surface area (Å²) in [5.41, 5.74) is -1.53. The Bertz CT molecular complexity index is 1020. The molecule has 3 rings (SSSR count). The van der Waals surface area contributed by atoms with Crippen molar-refractivity contribution in [2.45, 2.75) is 31.8 Å². The first-order chi connectivity index (χ1) is 14.2. The topological polar surface area (TPSA) is 148 Å². The third-order valence-electron chi connectivity index (χ3n) is 5.63. The van der Waals surface area contributed by atoms with Crippen LogP contribution in [-0.2, 0) is 16.1 Å². The van der Waals surface area contributed by atoms with Crippen molar-refractivity contribution in [3.8, 4) is 0 Å². The van der Waals surface area contributed by atoms with Crippen molar-refractivity contribution in [1.29, 1.82) is 0 Å². The molecule has 0 fully saturated rings. The Balaban J connectivity index is 2.27. The number of nitrogens with zero attached hydrogens (tertiary/aromatic N) is 3. The Kier molecular flexibility index (Phi) is 5.59. The smallest absolute Gasteiger partial charge is 0.333 e. The summed E-state index contributed by atoms with van der Waals surface area (Å²) in [5.74, 6) is -3.69. The predicted molar refractivity (Wildman–Crippen MR) is 105 cm³/mol. The fraction of sp³-hybridized carbons (Fsp3) is 0.300. The molecule has 157 valence electrons. The monoisotopic (exact) mass is 413 g/mol. The van der Waals surface area contributed by atoms with Crippen molar-refractivity contribution in [3.05, 3.63) is 76.9 Å². The number of hydrogen-bond donors (Lipinski definition) is 3. The number of carboxylic acids is 2. The van der Waals surface area contributed by atoms with Gasteiger partial charge >= 0.3 is 11.9 Å². The zero-order valence-corrected chi connectivity index (χ0v) is 16.2. The van der Waals surface area contributed by atoms with Crippen molar-refractivity contribution < 1.29 is 24.7 Å². The first kappa shape index (κ1) is 21.0. The molecule has 3 N–H and O–H groups in total. The van der Waals surface area contributed by atoms with Crippen LogP contribution in [0.4, 0.5) is 5.69 Å². The van der Waals surface area contributed by atoms with Crippen LogP contribution in [0.25, 0.3) is 0 Å². The van der Waals surface area contributed by atoms with Crippen LogP contribution in [0.1, 0.15) is 24.8 Å². The van der Waals surface area contributed by atoms with Gasteiger partial charge in [0.05, 0.1) is 22.9 Å². The van der Waals surface area contributed by atoms with Crippen LogP contribution in [0.3, 0.4) is 0 Å². The molecule has 30 heavy (non-hydrogen) atoms. The maximum atomic E-state index is 12.7. The second kappa shape index (κ2) is 7.97. The molecule has 1 aliphatic rings. The SMILES string of the molecule is [CH2]CC1(C(=O)O)C(Cn2ccnc2)NC(C)=C(C(=O)O)[C@H]1c1cccc([N+](=O)[O-])c1.